The fraction of sp³-hybridized carbons (Fsp3) is 0.391. The molecule has 0 bridgehead atoms. The summed E-state index contributed by atoms with van der Waals surface area (Å²) < 4.78 is 16.2. The van der Waals surface area contributed by atoms with E-state index in [1.54, 1.807) is 6.07 Å². The lowest BCUT2D eigenvalue weighted by Gasteiger charge is -2.26. The van der Waals surface area contributed by atoms with Crippen molar-refractivity contribution in [1.82, 2.24) is 5.32 Å². The van der Waals surface area contributed by atoms with Crippen molar-refractivity contribution in [2.75, 3.05) is 19.8 Å². The molecule has 1 N–H and O–H groups in total. The van der Waals surface area contributed by atoms with Crippen LogP contribution in [0.2, 0.25) is 0 Å². The van der Waals surface area contributed by atoms with E-state index in [2.05, 4.69) is 11.4 Å². The minimum atomic E-state index is -0.474. The van der Waals surface area contributed by atoms with E-state index < -0.39 is 5.97 Å². The second-order valence-electron chi connectivity index (χ2n) is 6.85. The summed E-state index contributed by atoms with van der Waals surface area (Å²) in [7, 11) is 0. The molecule has 0 spiro atoms. The van der Waals surface area contributed by atoms with Gasteiger partial charge in [-0.1, -0.05) is 36.4 Å². The third-order valence-corrected chi connectivity index (χ3v) is 4.78. The molecule has 1 amide bonds. The van der Waals surface area contributed by atoms with E-state index in [9.17, 15) is 9.59 Å². The first-order valence-corrected chi connectivity index (χ1v) is 10.0. The Hall–Kier alpha value is -3.02. The van der Waals surface area contributed by atoms with E-state index in [1.807, 2.05) is 43.3 Å². The SMILES string of the molecule is CCOc1ccccc1OCCC(=O)OCC(=O)N[C@H]1CCCc2ccccc21. The van der Waals surface area contributed by atoms with Gasteiger partial charge in [0.1, 0.15) is 0 Å². The van der Waals surface area contributed by atoms with Crippen molar-refractivity contribution in [1.29, 1.82) is 0 Å². The highest BCUT2D eigenvalue weighted by atomic mass is 16.5. The van der Waals surface area contributed by atoms with Crippen molar-refractivity contribution in [3.05, 3.63) is 59.7 Å². The van der Waals surface area contributed by atoms with Crippen molar-refractivity contribution in [2.24, 2.45) is 0 Å². The van der Waals surface area contributed by atoms with E-state index in [0.717, 1.165) is 24.8 Å². The third kappa shape index (κ3) is 5.98. The standard InChI is InChI=1S/C23H27NO5/c1-2-27-20-12-5-6-13-21(20)28-15-14-23(26)29-16-22(25)24-19-11-7-9-17-8-3-4-10-18(17)19/h3-6,8,10,12-13,19H,2,7,9,11,14-16H2,1H3,(H,24,25)/t19-/m0/s1. The fourth-order valence-corrected chi connectivity index (χ4v) is 3.45. The normalized spacial score (nSPS) is 15.1. The fourth-order valence-electron chi connectivity index (χ4n) is 3.45. The molecule has 29 heavy (non-hydrogen) atoms. The number of hydrogen-bond donors (Lipinski definition) is 1. The third-order valence-electron chi connectivity index (χ3n) is 4.78. The smallest absolute Gasteiger partial charge is 0.309 e. The van der Waals surface area contributed by atoms with Gasteiger partial charge in [-0.2, -0.15) is 0 Å². The summed E-state index contributed by atoms with van der Waals surface area (Å²) in [6, 6.07) is 15.4. The van der Waals surface area contributed by atoms with Crippen molar-refractivity contribution in [3.8, 4) is 11.5 Å². The van der Waals surface area contributed by atoms with Crippen LogP contribution in [0.15, 0.2) is 48.5 Å². The van der Waals surface area contributed by atoms with E-state index >= 15 is 0 Å². The van der Waals surface area contributed by atoms with Crippen LogP contribution in [0.1, 0.15) is 43.4 Å². The molecule has 154 valence electrons. The molecule has 6 nitrogen and oxygen atoms in total. The van der Waals surface area contributed by atoms with Gasteiger partial charge in [-0.15, -0.1) is 0 Å². The zero-order valence-corrected chi connectivity index (χ0v) is 16.7. The van der Waals surface area contributed by atoms with Crippen molar-refractivity contribution >= 4 is 11.9 Å². The molecule has 1 aliphatic carbocycles. The number of aryl methyl sites for hydroxylation is 1. The minimum absolute atomic E-state index is 0.0236. The number of para-hydroxylation sites is 2. The number of carbonyl (C=O) groups excluding carboxylic acids is 2. The molecule has 1 aliphatic rings. The van der Waals surface area contributed by atoms with Gasteiger partial charge in [0.05, 0.1) is 25.7 Å². The molecule has 0 radical (unpaired) electrons. The van der Waals surface area contributed by atoms with Gasteiger partial charge in [0.15, 0.2) is 18.1 Å². The highest BCUT2D eigenvalue weighted by Gasteiger charge is 2.21. The summed E-state index contributed by atoms with van der Waals surface area (Å²) in [4.78, 5) is 24.1. The minimum Gasteiger partial charge on any atom is -0.490 e. The van der Waals surface area contributed by atoms with Crippen molar-refractivity contribution in [3.63, 3.8) is 0 Å². The van der Waals surface area contributed by atoms with Crippen LogP contribution in [0.5, 0.6) is 11.5 Å². The maximum absolute atomic E-state index is 12.2. The van der Waals surface area contributed by atoms with E-state index in [4.69, 9.17) is 14.2 Å². The van der Waals surface area contributed by atoms with Crippen LogP contribution in [0.4, 0.5) is 0 Å². The number of rotatable bonds is 9. The Morgan fingerprint density at radius 1 is 1.03 bits per heavy atom. The molecule has 0 aliphatic heterocycles. The number of nitrogens with one attached hydrogen (secondary N) is 1. The average molecular weight is 397 g/mol. The summed E-state index contributed by atoms with van der Waals surface area (Å²) in [5, 5.41) is 2.97. The number of carbonyl (C=O) groups is 2. The van der Waals surface area contributed by atoms with Gasteiger partial charge in [-0.3, -0.25) is 9.59 Å². The highest BCUT2D eigenvalue weighted by molar-refractivity contribution is 5.81. The van der Waals surface area contributed by atoms with E-state index in [-0.39, 0.29) is 31.6 Å². The average Bonchev–Trinajstić information content (AvgIpc) is 2.74. The number of fused-ring (bicyclic) bond motifs is 1. The molecule has 3 rings (SSSR count). The molecule has 0 unspecified atom stereocenters. The first-order chi connectivity index (χ1) is 14.2. The van der Waals surface area contributed by atoms with Crippen LogP contribution in [0.25, 0.3) is 0 Å². The second kappa shape index (κ2) is 10.5. The van der Waals surface area contributed by atoms with Crippen LogP contribution in [-0.2, 0) is 20.7 Å². The molecule has 0 saturated heterocycles. The quantitative estimate of drug-likeness (QED) is 0.655. The van der Waals surface area contributed by atoms with Gasteiger partial charge in [0, 0.05) is 0 Å². The number of hydrogen-bond acceptors (Lipinski definition) is 5. The highest BCUT2D eigenvalue weighted by Crippen LogP contribution is 2.29. The summed E-state index contributed by atoms with van der Waals surface area (Å²) in [5.41, 5.74) is 2.42. The van der Waals surface area contributed by atoms with Crippen LogP contribution in [-0.4, -0.2) is 31.7 Å². The molecule has 0 fully saturated rings. The summed E-state index contributed by atoms with van der Waals surface area (Å²) in [6.07, 6.45) is 3.01. The molecular weight excluding hydrogens is 370 g/mol. The zero-order valence-electron chi connectivity index (χ0n) is 16.7. The molecule has 2 aromatic carbocycles. The van der Waals surface area contributed by atoms with Crippen LogP contribution >= 0.6 is 0 Å². The maximum atomic E-state index is 12.2. The number of ether oxygens (including phenoxy) is 3. The monoisotopic (exact) mass is 397 g/mol. The lowest BCUT2D eigenvalue weighted by molar-refractivity contribution is -0.149. The Labute approximate surface area is 171 Å². The predicted octanol–water partition coefficient (Wildman–Crippen LogP) is 3.59. The molecule has 1 atom stereocenters. The first kappa shape index (κ1) is 20.7. The zero-order chi connectivity index (χ0) is 20.5. The number of esters is 1. The topological polar surface area (TPSA) is 73.9 Å². The Morgan fingerprint density at radius 2 is 1.76 bits per heavy atom. The van der Waals surface area contributed by atoms with Gasteiger partial charge in [0.2, 0.25) is 0 Å². The van der Waals surface area contributed by atoms with Gasteiger partial charge in [0.25, 0.3) is 5.91 Å². The van der Waals surface area contributed by atoms with Crippen LogP contribution in [0.3, 0.4) is 0 Å². The largest absolute Gasteiger partial charge is 0.490 e. The number of amides is 1. The van der Waals surface area contributed by atoms with Crippen molar-refractivity contribution < 1.29 is 23.8 Å². The van der Waals surface area contributed by atoms with Crippen molar-refractivity contribution in [2.45, 2.75) is 38.6 Å². The van der Waals surface area contributed by atoms with Gasteiger partial charge < -0.3 is 19.5 Å². The Balaban J connectivity index is 1.39. The van der Waals surface area contributed by atoms with Crippen LogP contribution < -0.4 is 14.8 Å². The van der Waals surface area contributed by atoms with E-state index in [0.29, 0.717) is 18.1 Å². The van der Waals surface area contributed by atoms with Gasteiger partial charge in [-0.05, 0) is 49.4 Å². The van der Waals surface area contributed by atoms with Gasteiger partial charge in [-0.25, -0.2) is 0 Å². The summed E-state index contributed by atoms with van der Waals surface area (Å²) >= 11 is 0. The first-order valence-electron chi connectivity index (χ1n) is 10.0. The molecular formula is C23H27NO5. The summed E-state index contributed by atoms with van der Waals surface area (Å²) in [5.74, 6) is 0.451. The summed E-state index contributed by atoms with van der Waals surface area (Å²) in [6.45, 7) is 2.29. The molecule has 0 saturated carbocycles. The Morgan fingerprint density at radius 3 is 2.55 bits per heavy atom. The predicted molar refractivity (Wildman–Crippen MR) is 109 cm³/mol. The van der Waals surface area contributed by atoms with Gasteiger partial charge >= 0.3 is 5.97 Å². The number of benzene rings is 2. The Kier molecular flexibility index (Phi) is 7.50. The molecule has 0 aromatic heterocycles. The molecule has 6 heteroatoms. The Bertz CT molecular complexity index is 836. The lowest BCUT2D eigenvalue weighted by atomic mass is 9.88. The molecule has 2 aromatic rings. The lowest BCUT2D eigenvalue weighted by Crippen LogP contribution is -2.34. The van der Waals surface area contributed by atoms with Crippen LogP contribution in [0, 0.1) is 0 Å². The molecule has 0 heterocycles. The second-order valence-corrected chi connectivity index (χ2v) is 6.85. The maximum Gasteiger partial charge on any atom is 0.309 e. The van der Waals surface area contributed by atoms with E-state index in [1.165, 1.54) is 5.56 Å².